The number of aromatic nitrogens is 6. The Labute approximate surface area is 183 Å². The summed E-state index contributed by atoms with van der Waals surface area (Å²) in [5.74, 6) is 1.86. The molecule has 0 aliphatic carbocycles. The molecule has 1 N–H and O–H groups in total. The van der Waals surface area contributed by atoms with E-state index < -0.39 is 5.82 Å². The predicted octanol–water partition coefficient (Wildman–Crippen LogP) is 4.35. The molecule has 0 unspecified atom stereocenters. The predicted molar refractivity (Wildman–Crippen MR) is 117 cm³/mol. The monoisotopic (exact) mass is 447 g/mol. The quantitative estimate of drug-likeness (QED) is 0.505. The molecule has 1 saturated heterocycles. The third-order valence-corrected chi connectivity index (χ3v) is 5.78. The lowest BCUT2D eigenvalue weighted by atomic mass is 9.96. The second-order valence-electron chi connectivity index (χ2n) is 7.28. The highest BCUT2D eigenvalue weighted by Crippen LogP contribution is 2.32. The van der Waals surface area contributed by atoms with Gasteiger partial charge in [0.1, 0.15) is 23.5 Å². The number of aryl methyl sites for hydroxylation is 1. The molecule has 10 heteroatoms. The molecule has 1 aromatic carbocycles. The average molecular weight is 448 g/mol. The van der Waals surface area contributed by atoms with Crippen LogP contribution in [0.15, 0.2) is 37.1 Å². The molecule has 0 amide bonds. The van der Waals surface area contributed by atoms with Crippen molar-refractivity contribution in [2.24, 2.45) is 7.05 Å². The van der Waals surface area contributed by atoms with Gasteiger partial charge in [0.25, 0.3) is 0 Å². The van der Waals surface area contributed by atoms with Gasteiger partial charge in [-0.05, 0) is 31.0 Å². The Morgan fingerprint density at radius 1 is 1.17 bits per heavy atom. The van der Waals surface area contributed by atoms with Crippen LogP contribution in [0.1, 0.15) is 24.6 Å². The first-order valence-electron chi connectivity index (χ1n) is 9.48. The van der Waals surface area contributed by atoms with E-state index in [9.17, 15) is 4.39 Å². The second-order valence-corrected chi connectivity index (χ2v) is 7.69. The van der Waals surface area contributed by atoms with Gasteiger partial charge in [0, 0.05) is 37.8 Å². The summed E-state index contributed by atoms with van der Waals surface area (Å²) in [7, 11) is 2.00. The minimum atomic E-state index is -0.421. The van der Waals surface area contributed by atoms with Gasteiger partial charge in [-0.2, -0.15) is 0 Å². The summed E-state index contributed by atoms with van der Waals surface area (Å²) >= 11 is 5.93. The molecule has 4 aromatic rings. The van der Waals surface area contributed by atoms with Crippen LogP contribution in [-0.4, -0.2) is 42.6 Å². The second kappa shape index (κ2) is 8.20. The van der Waals surface area contributed by atoms with Crippen LogP contribution in [0.5, 0.6) is 0 Å². The SMILES string of the molecule is Cl.Cn1cc(-c2ccc(F)c(Cl)c2)nc1C1CCN(c2ncnc3nc[nH]c23)CC1. The van der Waals surface area contributed by atoms with Crippen LogP contribution in [0.25, 0.3) is 22.4 Å². The number of rotatable bonds is 3. The van der Waals surface area contributed by atoms with Crippen LogP contribution in [0.4, 0.5) is 10.2 Å². The zero-order valence-electron chi connectivity index (χ0n) is 16.2. The maximum absolute atomic E-state index is 13.5. The van der Waals surface area contributed by atoms with E-state index >= 15 is 0 Å². The number of aromatic amines is 1. The van der Waals surface area contributed by atoms with Crippen LogP contribution >= 0.6 is 24.0 Å². The zero-order valence-corrected chi connectivity index (χ0v) is 17.8. The van der Waals surface area contributed by atoms with E-state index in [4.69, 9.17) is 16.6 Å². The number of anilines is 1. The summed E-state index contributed by atoms with van der Waals surface area (Å²) in [5.41, 5.74) is 3.18. The van der Waals surface area contributed by atoms with Gasteiger partial charge >= 0.3 is 0 Å². The van der Waals surface area contributed by atoms with Gasteiger partial charge in [0.15, 0.2) is 11.5 Å². The number of nitrogens with zero attached hydrogens (tertiary/aromatic N) is 6. The van der Waals surface area contributed by atoms with Crippen LogP contribution in [-0.2, 0) is 7.05 Å². The lowest BCUT2D eigenvalue weighted by Gasteiger charge is -2.32. The average Bonchev–Trinajstić information content (AvgIpc) is 3.37. The molecule has 0 spiro atoms. The summed E-state index contributed by atoms with van der Waals surface area (Å²) in [6, 6.07) is 4.71. The van der Waals surface area contributed by atoms with Gasteiger partial charge < -0.3 is 14.5 Å². The van der Waals surface area contributed by atoms with E-state index in [-0.39, 0.29) is 17.4 Å². The summed E-state index contributed by atoms with van der Waals surface area (Å²) in [4.78, 5) is 23.1. The maximum Gasteiger partial charge on any atom is 0.182 e. The molecule has 5 rings (SSSR count). The van der Waals surface area contributed by atoms with Crippen molar-refractivity contribution in [3.63, 3.8) is 0 Å². The number of benzene rings is 1. The number of nitrogens with one attached hydrogen (secondary N) is 1. The molecule has 7 nitrogen and oxygen atoms in total. The van der Waals surface area contributed by atoms with Gasteiger partial charge in [-0.25, -0.2) is 24.3 Å². The Morgan fingerprint density at radius 2 is 1.97 bits per heavy atom. The molecule has 1 aliphatic heterocycles. The molecule has 156 valence electrons. The van der Waals surface area contributed by atoms with Crippen molar-refractivity contribution in [1.82, 2.24) is 29.5 Å². The van der Waals surface area contributed by atoms with Gasteiger partial charge in [-0.1, -0.05) is 11.6 Å². The van der Waals surface area contributed by atoms with Gasteiger partial charge in [-0.3, -0.25) is 0 Å². The molecule has 1 aliphatic rings. The Kier molecular flexibility index (Phi) is 5.62. The van der Waals surface area contributed by atoms with E-state index in [1.165, 1.54) is 6.07 Å². The summed E-state index contributed by atoms with van der Waals surface area (Å²) in [6.45, 7) is 1.75. The number of fused-ring (bicyclic) bond motifs is 1. The number of H-pyrrole nitrogens is 1. The minimum absolute atomic E-state index is 0. The first kappa shape index (κ1) is 20.6. The van der Waals surface area contributed by atoms with Gasteiger partial charge in [-0.15, -0.1) is 12.4 Å². The minimum Gasteiger partial charge on any atom is -0.355 e. The fourth-order valence-corrected chi connectivity index (χ4v) is 4.18. The molecule has 30 heavy (non-hydrogen) atoms. The highest BCUT2D eigenvalue weighted by atomic mass is 35.5. The zero-order chi connectivity index (χ0) is 20.0. The summed E-state index contributed by atoms with van der Waals surface area (Å²) in [6.07, 6.45) is 7.11. The first-order chi connectivity index (χ1) is 14.1. The van der Waals surface area contributed by atoms with Crippen LogP contribution in [0, 0.1) is 5.82 Å². The van der Waals surface area contributed by atoms with Crippen molar-refractivity contribution in [2.45, 2.75) is 18.8 Å². The highest BCUT2D eigenvalue weighted by molar-refractivity contribution is 6.31. The molecule has 0 atom stereocenters. The van der Waals surface area contributed by atoms with Crippen molar-refractivity contribution in [3.05, 3.63) is 53.7 Å². The Hall–Kier alpha value is -2.71. The Balaban J connectivity index is 0.00000218. The van der Waals surface area contributed by atoms with E-state index in [0.29, 0.717) is 11.6 Å². The van der Waals surface area contributed by atoms with Crippen molar-refractivity contribution in [3.8, 4) is 11.3 Å². The molecule has 1 fully saturated rings. The molecule has 4 heterocycles. The number of imidazole rings is 2. The number of halogens is 3. The van der Waals surface area contributed by atoms with E-state index in [0.717, 1.165) is 54.3 Å². The topological polar surface area (TPSA) is 75.5 Å². The fourth-order valence-electron chi connectivity index (χ4n) is 4.00. The fraction of sp³-hybridized carbons (Fsp3) is 0.300. The Bertz CT molecular complexity index is 1180. The third-order valence-electron chi connectivity index (χ3n) is 5.49. The highest BCUT2D eigenvalue weighted by Gasteiger charge is 2.26. The third kappa shape index (κ3) is 3.61. The van der Waals surface area contributed by atoms with Crippen LogP contribution < -0.4 is 4.90 Å². The normalized spacial score (nSPS) is 14.8. The van der Waals surface area contributed by atoms with Crippen molar-refractivity contribution < 1.29 is 4.39 Å². The molecule has 3 aromatic heterocycles. The van der Waals surface area contributed by atoms with Crippen LogP contribution in [0.3, 0.4) is 0 Å². The smallest absolute Gasteiger partial charge is 0.182 e. The standard InChI is InChI=1S/C20H19ClFN7.ClH/c1-28-9-16(13-2-3-15(22)14(21)8-13)27-19(28)12-4-6-29(7-5-12)20-17-18(24-10-23-17)25-11-26-20;/h2-3,8-12H,4-7H2,1H3,(H,23,24,25,26);1H. The van der Waals surface area contributed by atoms with Crippen molar-refractivity contribution in [2.75, 3.05) is 18.0 Å². The van der Waals surface area contributed by atoms with E-state index in [1.807, 2.05) is 13.2 Å². The first-order valence-corrected chi connectivity index (χ1v) is 9.85. The van der Waals surface area contributed by atoms with Crippen LogP contribution in [0.2, 0.25) is 5.02 Å². The lowest BCUT2D eigenvalue weighted by Crippen LogP contribution is -2.34. The Morgan fingerprint density at radius 3 is 2.73 bits per heavy atom. The van der Waals surface area contributed by atoms with Gasteiger partial charge in [0.05, 0.1) is 17.0 Å². The number of hydrogen-bond acceptors (Lipinski definition) is 5. The van der Waals surface area contributed by atoms with Crippen molar-refractivity contribution >= 4 is 41.0 Å². The molecule has 0 bridgehead atoms. The maximum atomic E-state index is 13.5. The summed E-state index contributed by atoms with van der Waals surface area (Å²) < 4.78 is 15.5. The molecular weight excluding hydrogens is 428 g/mol. The largest absolute Gasteiger partial charge is 0.355 e. The van der Waals surface area contributed by atoms with E-state index in [1.54, 1.807) is 24.8 Å². The number of hydrogen-bond donors (Lipinski definition) is 1. The molecule has 0 radical (unpaired) electrons. The lowest BCUT2D eigenvalue weighted by molar-refractivity contribution is 0.474. The molecular formula is C20H20Cl2FN7. The summed E-state index contributed by atoms with van der Waals surface area (Å²) in [5, 5.41) is 0.109. The van der Waals surface area contributed by atoms with E-state index in [2.05, 4.69) is 29.4 Å². The molecule has 0 saturated carbocycles. The van der Waals surface area contributed by atoms with Crippen molar-refractivity contribution in [1.29, 1.82) is 0 Å². The number of piperidine rings is 1. The van der Waals surface area contributed by atoms with Gasteiger partial charge in [0.2, 0.25) is 0 Å².